The van der Waals surface area contributed by atoms with E-state index in [2.05, 4.69) is 25.7 Å². The lowest BCUT2D eigenvalue weighted by molar-refractivity contribution is 0.102. The zero-order valence-corrected chi connectivity index (χ0v) is 11.4. The molecule has 2 N–H and O–H groups in total. The fourth-order valence-corrected chi connectivity index (χ4v) is 1.84. The van der Waals surface area contributed by atoms with Crippen molar-refractivity contribution in [2.45, 2.75) is 13.3 Å². The Balaban J connectivity index is 1.75. The number of aryl methyl sites for hydroxylation is 1. The van der Waals surface area contributed by atoms with Crippen molar-refractivity contribution in [3.8, 4) is 5.69 Å². The van der Waals surface area contributed by atoms with Crippen molar-refractivity contribution in [3.05, 3.63) is 54.0 Å². The molecular formula is C14H14N6O. The van der Waals surface area contributed by atoms with Gasteiger partial charge in [0.05, 0.1) is 11.9 Å². The third kappa shape index (κ3) is 2.81. The number of nitrogens with one attached hydrogen (secondary N) is 2. The van der Waals surface area contributed by atoms with Crippen molar-refractivity contribution in [2.75, 3.05) is 5.32 Å². The molecule has 3 rings (SSSR count). The number of hydrogen-bond donors (Lipinski definition) is 2. The van der Waals surface area contributed by atoms with Crippen molar-refractivity contribution in [2.24, 2.45) is 0 Å². The highest BCUT2D eigenvalue weighted by Crippen LogP contribution is 2.08. The van der Waals surface area contributed by atoms with Crippen LogP contribution in [0.2, 0.25) is 0 Å². The van der Waals surface area contributed by atoms with Crippen LogP contribution in [0.3, 0.4) is 0 Å². The summed E-state index contributed by atoms with van der Waals surface area (Å²) >= 11 is 0. The Hall–Kier alpha value is -2.96. The first kappa shape index (κ1) is 13.0. The third-order valence-electron chi connectivity index (χ3n) is 2.97. The molecule has 0 unspecified atom stereocenters. The molecule has 7 nitrogen and oxygen atoms in total. The quantitative estimate of drug-likeness (QED) is 0.763. The van der Waals surface area contributed by atoms with Crippen LogP contribution in [0, 0.1) is 0 Å². The van der Waals surface area contributed by atoms with E-state index in [0.717, 1.165) is 17.8 Å². The van der Waals surface area contributed by atoms with E-state index < -0.39 is 0 Å². The van der Waals surface area contributed by atoms with E-state index in [0.29, 0.717) is 5.82 Å². The molecular weight excluding hydrogens is 268 g/mol. The van der Waals surface area contributed by atoms with E-state index in [1.165, 1.54) is 11.0 Å². The number of rotatable bonds is 4. The van der Waals surface area contributed by atoms with Gasteiger partial charge < -0.3 is 5.32 Å². The van der Waals surface area contributed by atoms with Crippen LogP contribution in [-0.4, -0.2) is 31.1 Å². The van der Waals surface area contributed by atoms with Crippen LogP contribution in [-0.2, 0) is 6.42 Å². The molecule has 1 aromatic carbocycles. The highest BCUT2D eigenvalue weighted by Gasteiger charge is 2.13. The maximum Gasteiger partial charge on any atom is 0.279 e. The first-order chi connectivity index (χ1) is 10.3. The van der Waals surface area contributed by atoms with Gasteiger partial charge in [-0.3, -0.25) is 9.89 Å². The second-order valence-electron chi connectivity index (χ2n) is 4.44. The normalized spacial score (nSPS) is 10.5. The molecule has 0 saturated carbocycles. The van der Waals surface area contributed by atoms with Crippen molar-refractivity contribution >= 4 is 11.7 Å². The Bertz CT molecular complexity index is 746. The Labute approximate surface area is 121 Å². The molecule has 0 radical (unpaired) electrons. The van der Waals surface area contributed by atoms with Gasteiger partial charge in [-0.25, -0.2) is 0 Å². The number of amides is 1. The van der Waals surface area contributed by atoms with Gasteiger partial charge in [-0.2, -0.15) is 15.0 Å². The number of H-pyrrole nitrogens is 1. The monoisotopic (exact) mass is 282 g/mol. The van der Waals surface area contributed by atoms with Gasteiger partial charge in [0.1, 0.15) is 0 Å². The predicted octanol–water partition coefficient (Wildman–Crippen LogP) is 1.81. The second kappa shape index (κ2) is 5.58. The first-order valence-electron chi connectivity index (χ1n) is 6.59. The first-order valence-corrected chi connectivity index (χ1v) is 6.59. The molecule has 0 bridgehead atoms. The lowest BCUT2D eigenvalue weighted by Crippen LogP contribution is -2.13. The molecule has 2 aromatic heterocycles. The molecule has 0 aliphatic heterocycles. The molecule has 0 fully saturated rings. The number of nitrogens with zero attached hydrogens (tertiary/aromatic N) is 4. The summed E-state index contributed by atoms with van der Waals surface area (Å²) in [7, 11) is 0. The molecule has 7 heteroatoms. The average molecular weight is 282 g/mol. The predicted molar refractivity (Wildman–Crippen MR) is 77.3 cm³/mol. The van der Waals surface area contributed by atoms with Crippen molar-refractivity contribution in [1.82, 2.24) is 25.2 Å². The minimum Gasteiger partial charge on any atom is -0.304 e. The maximum atomic E-state index is 12.1. The van der Waals surface area contributed by atoms with Crippen LogP contribution < -0.4 is 5.32 Å². The standard InChI is InChI=1S/C14H14N6O/c1-2-10-8-13(18-17-10)16-14(21)12-9-15-20(19-12)11-6-4-3-5-7-11/h3-9H,2H2,1H3,(H2,16,17,18,21). The van der Waals surface area contributed by atoms with Crippen LogP contribution >= 0.6 is 0 Å². The van der Waals surface area contributed by atoms with E-state index >= 15 is 0 Å². The van der Waals surface area contributed by atoms with Gasteiger partial charge in [0.15, 0.2) is 11.5 Å². The highest BCUT2D eigenvalue weighted by atomic mass is 16.2. The van der Waals surface area contributed by atoms with Crippen LogP contribution in [0.25, 0.3) is 5.69 Å². The van der Waals surface area contributed by atoms with E-state index in [4.69, 9.17) is 0 Å². The minimum absolute atomic E-state index is 0.236. The lowest BCUT2D eigenvalue weighted by Gasteiger charge is -1.98. The fraction of sp³-hybridized carbons (Fsp3) is 0.143. The van der Waals surface area contributed by atoms with E-state index in [9.17, 15) is 4.79 Å². The number of aromatic amines is 1. The number of carbonyl (C=O) groups is 1. The lowest BCUT2D eigenvalue weighted by atomic mass is 10.3. The second-order valence-corrected chi connectivity index (χ2v) is 4.44. The van der Waals surface area contributed by atoms with Crippen LogP contribution in [0.5, 0.6) is 0 Å². The third-order valence-corrected chi connectivity index (χ3v) is 2.97. The van der Waals surface area contributed by atoms with E-state index in [1.54, 1.807) is 6.07 Å². The molecule has 0 aliphatic carbocycles. The zero-order valence-electron chi connectivity index (χ0n) is 11.4. The maximum absolute atomic E-state index is 12.1. The summed E-state index contributed by atoms with van der Waals surface area (Å²) in [6.07, 6.45) is 2.25. The molecule has 21 heavy (non-hydrogen) atoms. The summed E-state index contributed by atoms with van der Waals surface area (Å²) in [6.45, 7) is 2.00. The molecule has 2 heterocycles. The van der Waals surface area contributed by atoms with Gasteiger partial charge in [-0.05, 0) is 18.6 Å². The van der Waals surface area contributed by atoms with E-state index in [-0.39, 0.29) is 11.6 Å². The number of anilines is 1. The summed E-state index contributed by atoms with van der Waals surface area (Å²) in [5.41, 5.74) is 1.99. The van der Waals surface area contributed by atoms with Crippen LogP contribution in [0.4, 0.5) is 5.82 Å². The Morgan fingerprint density at radius 3 is 2.86 bits per heavy atom. The summed E-state index contributed by atoms with van der Waals surface area (Å²) < 4.78 is 0. The smallest absolute Gasteiger partial charge is 0.279 e. The van der Waals surface area contributed by atoms with Gasteiger partial charge in [0, 0.05) is 11.8 Å². The topological polar surface area (TPSA) is 88.5 Å². The van der Waals surface area contributed by atoms with Crippen molar-refractivity contribution < 1.29 is 4.79 Å². The molecule has 0 aliphatic rings. The van der Waals surface area contributed by atoms with Gasteiger partial charge in [0.25, 0.3) is 5.91 Å². The molecule has 1 amide bonds. The van der Waals surface area contributed by atoms with Gasteiger partial charge in [-0.1, -0.05) is 25.1 Å². The number of carbonyl (C=O) groups excluding carboxylic acids is 1. The van der Waals surface area contributed by atoms with Crippen LogP contribution in [0.15, 0.2) is 42.6 Å². The Morgan fingerprint density at radius 1 is 1.33 bits per heavy atom. The summed E-state index contributed by atoms with van der Waals surface area (Å²) in [4.78, 5) is 13.5. The molecule has 0 atom stereocenters. The minimum atomic E-state index is -0.341. The van der Waals surface area contributed by atoms with E-state index in [1.807, 2.05) is 37.3 Å². The van der Waals surface area contributed by atoms with Crippen LogP contribution in [0.1, 0.15) is 23.1 Å². The van der Waals surface area contributed by atoms with Gasteiger partial charge in [-0.15, -0.1) is 5.10 Å². The Morgan fingerprint density at radius 2 is 2.14 bits per heavy atom. The largest absolute Gasteiger partial charge is 0.304 e. The van der Waals surface area contributed by atoms with Gasteiger partial charge >= 0.3 is 0 Å². The summed E-state index contributed by atoms with van der Waals surface area (Å²) in [5.74, 6) is 0.137. The number of aromatic nitrogens is 5. The Kier molecular flexibility index (Phi) is 3.46. The number of hydrogen-bond acceptors (Lipinski definition) is 4. The molecule has 0 saturated heterocycles. The van der Waals surface area contributed by atoms with Crippen molar-refractivity contribution in [1.29, 1.82) is 0 Å². The number of benzene rings is 1. The number of para-hydroxylation sites is 1. The van der Waals surface area contributed by atoms with Crippen molar-refractivity contribution in [3.63, 3.8) is 0 Å². The summed E-state index contributed by atoms with van der Waals surface area (Å²) in [5, 5.41) is 17.8. The SMILES string of the molecule is CCc1cc(NC(=O)c2cnn(-c3ccccc3)n2)n[nH]1. The summed E-state index contributed by atoms with van der Waals surface area (Å²) in [6, 6.07) is 11.2. The highest BCUT2D eigenvalue weighted by molar-refractivity contribution is 6.02. The zero-order chi connectivity index (χ0) is 14.7. The average Bonchev–Trinajstić information content (AvgIpc) is 3.17. The molecule has 0 spiro atoms. The fourth-order valence-electron chi connectivity index (χ4n) is 1.84. The van der Waals surface area contributed by atoms with Gasteiger partial charge in [0.2, 0.25) is 0 Å². The molecule has 3 aromatic rings. The molecule has 106 valence electrons.